The van der Waals surface area contributed by atoms with Gasteiger partial charge in [-0.25, -0.2) is 0 Å². The Kier molecular flexibility index (Phi) is 4.69. The standard InChI is InChI=1S/C17H25NO2/c1-12(2)15-8-7-13(3)11-16(15)20-14(4)17(19)18-9-5-6-10-18/h7-8,11-12,14H,5-6,9-10H2,1-4H3/t14-/m1/s1. The van der Waals surface area contributed by atoms with Gasteiger partial charge in [0.1, 0.15) is 5.75 Å². The van der Waals surface area contributed by atoms with Crippen molar-refractivity contribution in [3.05, 3.63) is 29.3 Å². The monoisotopic (exact) mass is 275 g/mol. The van der Waals surface area contributed by atoms with Crippen LogP contribution in [0, 0.1) is 6.92 Å². The SMILES string of the molecule is Cc1ccc(C(C)C)c(O[C@H](C)C(=O)N2CCCC2)c1. The molecule has 3 heteroatoms. The van der Waals surface area contributed by atoms with Crippen LogP contribution in [0.4, 0.5) is 0 Å². The van der Waals surface area contributed by atoms with E-state index in [1.165, 1.54) is 0 Å². The molecule has 0 aromatic heterocycles. The van der Waals surface area contributed by atoms with Crippen molar-refractivity contribution in [2.24, 2.45) is 0 Å². The number of likely N-dealkylation sites (tertiary alicyclic amines) is 1. The van der Waals surface area contributed by atoms with Crippen LogP contribution >= 0.6 is 0 Å². The van der Waals surface area contributed by atoms with Crippen molar-refractivity contribution in [3.8, 4) is 5.75 Å². The molecule has 1 aromatic carbocycles. The molecule has 0 N–H and O–H groups in total. The van der Waals surface area contributed by atoms with Crippen molar-refractivity contribution in [2.45, 2.75) is 52.6 Å². The third kappa shape index (κ3) is 3.33. The van der Waals surface area contributed by atoms with E-state index in [4.69, 9.17) is 4.74 Å². The van der Waals surface area contributed by atoms with Crippen molar-refractivity contribution >= 4 is 5.91 Å². The molecular weight excluding hydrogens is 250 g/mol. The predicted molar refractivity (Wildman–Crippen MR) is 81.2 cm³/mol. The fraction of sp³-hybridized carbons (Fsp3) is 0.588. The first-order chi connectivity index (χ1) is 9.49. The normalized spacial score (nSPS) is 16.6. The maximum atomic E-state index is 12.3. The molecule has 0 aliphatic carbocycles. The maximum Gasteiger partial charge on any atom is 0.263 e. The molecule has 1 aliphatic heterocycles. The summed E-state index contributed by atoms with van der Waals surface area (Å²) in [7, 11) is 0. The molecule has 1 saturated heterocycles. The molecule has 2 rings (SSSR count). The van der Waals surface area contributed by atoms with Crippen LogP contribution in [0.1, 0.15) is 50.7 Å². The van der Waals surface area contributed by atoms with Gasteiger partial charge in [0, 0.05) is 13.1 Å². The fourth-order valence-corrected chi connectivity index (χ4v) is 2.66. The van der Waals surface area contributed by atoms with Gasteiger partial charge in [0.25, 0.3) is 5.91 Å². The minimum atomic E-state index is -0.410. The Morgan fingerprint density at radius 2 is 1.85 bits per heavy atom. The number of hydrogen-bond donors (Lipinski definition) is 0. The van der Waals surface area contributed by atoms with Crippen molar-refractivity contribution in [1.29, 1.82) is 0 Å². The van der Waals surface area contributed by atoms with Crippen molar-refractivity contribution in [1.82, 2.24) is 4.90 Å². The summed E-state index contributed by atoms with van der Waals surface area (Å²) in [5.41, 5.74) is 2.32. The lowest BCUT2D eigenvalue weighted by molar-refractivity contribution is -0.136. The smallest absolute Gasteiger partial charge is 0.263 e. The average Bonchev–Trinajstić information content (AvgIpc) is 2.91. The predicted octanol–water partition coefficient (Wildman–Crippen LogP) is 3.51. The van der Waals surface area contributed by atoms with Gasteiger partial charge >= 0.3 is 0 Å². The Morgan fingerprint density at radius 1 is 1.20 bits per heavy atom. The molecule has 3 nitrogen and oxygen atoms in total. The van der Waals surface area contributed by atoms with E-state index in [1.807, 2.05) is 24.8 Å². The highest BCUT2D eigenvalue weighted by Crippen LogP contribution is 2.28. The largest absolute Gasteiger partial charge is 0.481 e. The van der Waals surface area contributed by atoms with Crippen molar-refractivity contribution in [2.75, 3.05) is 13.1 Å². The molecule has 110 valence electrons. The van der Waals surface area contributed by atoms with E-state index in [0.29, 0.717) is 5.92 Å². The molecule has 0 radical (unpaired) electrons. The zero-order valence-electron chi connectivity index (χ0n) is 13.0. The Labute approximate surface area is 121 Å². The summed E-state index contributed by atoms with van der Waals surface area (Å²) in [6.45, 7) is 9.93. The summed E-state index contributed by atoms with van der Waals surface area (Å²) in [5.74, 6) is 1.35. The van der Waals surface area contributed by atoms with Gasteiger partial charge in [-0.3, -0.25) is 4.79 Å². The van der Waals surface area contributed by atoms with Gasteiger partial charge in [-0.1, -0.05) is 26.0 Å². The third-order valence-electron chi connectivity index (χ3n) is 3.86. The lowest BCUT2D eigenvalue weighted by Gasteiger charge is -2.23. The molecule has 0 unspecified atom stereocenters. The number of amides is 1. The maximum absolute atomic E-state index is 12.3. The highest BCUT2D eigenvalue weighted by Gasteiger charge is 2.25. The van der Waals surface area contributed by atoms with Gasteiger partial charge in [-0.15, -0.1) is 0 Å². The molecule has 1 heterocycles. The first kappa shape index (κ1) is 14.9. The highest BCUT2D eigenvalue weighted by atomic mass is 16.5. The fourth-order valence-electron chi connectivity index (χ4n) is 2.66. The van der Waals surface area contributed by atoms with E-state index in [9.17, 15) is 4.79 Å². The molecular formula is C17H25NO2. The number of benzene rings is 1. The Balaban J connectivity index is 2.12. The highest BCUT2D eigenvalue weighted by molar-refractivity contribution is 5.81. The van der Waals surface area contributed by atoms with Crippen LogP contribution in [0.15, 0.2) is 18.2 Å². The van der Waals surface area contributed by atoms with Gasteiger partial charge in [0.2, 0.25) is 0 Å². The molecule has 1 fully saturated rings. The second-order valence-electron chi connectivity index (χ2n) is 5.99. The first-order valence-corrected chi connectivity index (χ1v) is 7.55. The minimum Gasteiger partial charge on any atom is -0.481 e. The van der Waals surface area contributed by atoms with E-state index in [0.717, 1.165) is 42.8 Å². The van der Waals surface area contributed by atoms with E-state index < -0.39 is 6.10 Å². The molecule has 0 spiro atoms. The van der Waals surface area contributed by atoms with Crippen LogP contribution in [-0.4, -0.2) is 30.0 Å². The van der Waals surface area contributed by atoms with Gasteiger partial charge in [0.15, 0.2) is 6.10 Å². The molecule has 1 atom stereocenters. The summed E-state index contributed by atoms with van der Waals surface area (Å²) >= 11 is 0. The number of carbonyl (C=O) groups excluding carboxylic acids is 1. The molecule has 0 saturated carbocycles. The lowest BCUT2D eigenvalue weighted by Crippen LogP contribution is -2.38. The first-order valence-electron chi connectivity index (χ1n) is 7.55. The lowest BCUT2D eigenvalue weighted by atomic mass is 10.0. The van der Waals surface area contributed by atoms with Gasteiger partial charge in [-0.05, 0) is 49.8 Å². The third-order valence-corrected chi connectivity index (χ3v) is 3.86. The quantitative estimate of drug-likeness (QED) is 0.841. The summed E-state index contributed by atoms with van der Waals surface area (Å²) < 4.78 is 5.97. The molecule has 0 bridgehead atoms. The van der Waals surface area contributed by atoms with Crippen LogP contribution in [-0.2, 0) is 4.79 Å². The number of nitrogens with zero attached hydrogens (tertiary/aromatic N) is 1. The Bertz CT molecular complexity index is 476. The number of carbonyl (C=O) groups is 1. The van der Waals surface area contributed by atoms with Crippen molar-refractivity contribution < 1.29 is 9.53 Å². The second-order valence-corrected chi connectivity index (χ2v) is 5.99. The second kappa shape index (κ2) is 6.29. The summed E-state index contributed by atoms with van der Waals surface area (Å²) in [6.07, 6.45) is 1.81. The van der Waals surface area contributed by atoms with Crippen LogP contribution in [0.5, 0.6) is 5.75 Å². The van der Waals surface area contributed by atoms with Gasteiger partial charge in [-0.2, -0.15) is 0 Å². The Morgan fingerprint density at radius 3 is 2.45 bits per heavy atom. The molecule has 1 aromatic rings. The molecule has 1 amide bonds. The van der Waals surface area contributed by atoms with Crippen LogP contribution in [0.25, 0.3) is 0 Å². The van der Waals surface area contributed by atoms with Crippen molar-refractivity contribution in [3.63, 3.8) is 0 Å². The Hall–Kier alpha value is -1.51. The zero-order chi connectivity index (χ0) is 14.7. The number of aryl methyl sites for hydroxylation is 1. The zero-order valence-corrected chi connectivity index (χ0v) is 13.0. The van der Waals surface area contributed by atoms with Crippen LogP contribution in [0.2, 0.25) is 0 Å². The summed E-state index contributed by atoms with van der Waals surface area (Å²) in [4.78, 5) is 14.2. The number of ether oxygens (including phenoxy) is 1. The topological polar surface area (TPSA) is 29.5 Å². The van der Waals surface area contributed by atoms with E-state index in [-0.39, 0.29) is 5.91 Å². The molecule has 1 aliphatic rings. The van der Waals surface area contributed by atoms with Gasteiger partial charge < -0.3 is 9.64 Å². The summed E-state index contributed by atoms with van der Waals surface area (Å²) in [6, 6.07) is 6.22. The number of rotatable bonds is 4. The van der Waals surface area contributed by atoms with E-state index in [1.54, 1.807) is 0 Å². The summed E-state index contributed by atoms with van der Waals surface area (Å²) in [5, 5.41) is 0. The van der Waals surface area contributed by atoms with Crippen LogP contribution in [0.3, 0.4) is 0 Å². The number of hydrogen-bond acceptors (Lipinski definition) is 2. The van der Waals surface area contributed by atoms with Gasteiger partial charge in [0.05, 0.1) is 0 Å². The van der Waals surface area contributed by atoms with E-state index in [2.05, 4.69) is 26.0 Å². The minimum absolute atomic E-state index is 0.110. The van der Waals surface area contributed by atoms with E-state index >= 15 is 0 Å². The molecule has 20 heavy (non-hydrogen) atoms. The average molecular weight is 275 g/mol. The van der Waals surface area contributed by atoms with Crippen LogP contribution < -0.4 is 4.74 Å².